The Labute approximate surface area is 177 Å². The van der Waals surface area contributed by atoms with E-state index in [2.05, 4.69) is 39.4 Å². The lowest BCUT2D eigenvalue weighted by Gasteiger charge is -2.37. The predicted molar refractivity (Wildman–Crippen MR) is 120 cm³/mol. The summed E-state index contributed by atoms with van der Waals surface area (Å²) in [6.07, 6.45) is 4.35. The van der Waals surface area contributed by atoms with E-state index >= 15 is 0 Å². The quantitative estimate of drug-likeness (QED) is 0.745. The van der Waals surface area contributed by atoms with Gasteiger partial charge in [-0.2, -0.15) is 0 Å². The van der Waals surface area contributed by atoms with Crippen molar-refractivity contribution in [3.63, 3.8) is 0 Å². The number of carbonyl (C=O) groups is 1. The van der Waals surface area contributed by atoms with Crippen LogP contribution < -0.4 is 10.1 Å². The average molecular weight is 414 g/mol. The lowest BCUT2D eigenvalue weighted by Crippen LogP contribution is -2.52. The lowest BCUT2D eigenvalue weighted by atomic mass is 10.2. The van der Waals surface area contributed by atoms with Crippen molar-refractivity contribution in [2.45, 2.75) is 13.0 Å². The standard InChI is InChI=1S/C23H28ClN3O2/c1-18(23(28)25-21-17-20(24)10-11-22(21)29-2)27-15-13-26(14-16-27)12-6-9-19-7-4-3-5-8-19/h3-11,17-18H,12-16H2,1-2H3,(H,25,28)/b9-6+/t18-/m1/s1. The summed E-state index contributed by atoms with van der Waals surface area (Å²) in [5.41, 5.74) is 1.81. The van der Waals surface area contributed by atoms with Crippen LogP contribution >= 0.6 is 11.6 Å². The molecule has 1 heterocycles. The molecule has 0 saturated carbocycles. The number of halogens is 1. The molecule has 1 aliphatic heterocycles. The molecule has 0 bridgehead atoms. The van der Waals surface area contributed by atoms with Crippen LogP contribution in [0.3, 0.4) is 0 Å². The second kappa shape index (κ2) is 10.4. The first kappa shape index (κ1) is 21.4. The van der Waals surface area contributed by atoms with Crippen molar-refractivity contribution in [3.8, 4) is 5.75 Å². The summed E-state index contributed by atoms with van der Waals surface area (Å²) >= 11 is 6.05. The molecule has 2 aromatic carbocycles. The third-order valence-electron chi connectivity index (χ3n) is 5.23. The minimum absolute atomic E-state index is 0.0528. The third kappa shape index (κ3) is 6.07. The molecule has 1 fully saturated rings. The normalized spacial score (nSPS) is 16.7. The minimum Gasteiger partial charge on any atom is -0.495 e. The second-order valence-corrected chi connectivity index (χ2v) is 7.60. The number of carbonyl (C=O) groups excluding carboxylic acids is 1. The molecule has 3 rings (SSSR count). The number of nitrogens with one attached hydrogen (secondary N) is 1. The fourth-order valence-corrected chi connectivity index (χ4v) is 3.59. The van der Waals surface area contributed by atoms with Crippen molar-refractivity contribution < 1.29 is 9.53 Å². The zero-order valence-corrected chi connectivity index (χ0v) is 17.7. The van der Waals surface area contributed by atoms with Gasteiger partial charge in [-0.3, -0.25) is 14.6 Å². The molecular weight excluding hydrogens is 386 g/mol. The molecule has 1 saturated heterocycles. The number of hydrogen-bond acceptors (Lipinski definition) is 4. The van der Waals surface area contributed by atoms with Gasteiger partial charge in [0, 0.05) is 37.7 Å². The van der Waals surface area contributed by atoms with E-state index in [1.807, 2.05) is 25.1 Å². The highest BCUT2D eigenvalue weighted by Gasteiger charge is 2.25. The summed E-state index contributed by atoms with van der Waals surface area (Å²) in [5, 5.41) is 3.51. The average Bonchev–Trinajstić information content (AvgIpc) is 2.74. The Morgan fingerprint density at radius 2 is 1.90 bits per heavy atom. The van der Waals surface area contributed by atoms with Gasteiger partial charge in [0.05, 0.1) is 18.8 Å². The van der Waals surface area contributed by atoms with Gasteiger partial charge in [0.1, 0.15) is 5.75 Å². The van der Waals surface area contributed by atoms with Crippen molar-refractivity contribution >= 4 is 29.3 Å². The Hall–Kier alpha value is -2.34. The molecule has 0 radical (unpaired) electrons. The molecule has 0 aliphatic carbocycles. The van der Waals surface area contributed by atoms with Gasteiger partial charge in [-0.15, -0.1) is 0 Å². The van der Waals surface area contributed by atoms with E-state index in [-0.39, 0.29) is 11.9 Å². The van der Waals surface area contributed by atoms with E-state index in [4.69, 9.17) is 16.3 Å². The number of nitrogens with zero attached hydrogens (tertiary/aromatic N) is 2. The molecule has 154 valence electrons. The number of piperazine rings is 1. The Morgan fingerprint density at radius 1 is 1.17 bits per heavy atom. The van der Waals surface area contributed by atoms with Crippen LogP contribution in [0.2, 0.25) is 5.02 Å². The highest BCUT2D eigenvalue weighted by atomic mass is 35.5. The largest absolute Gasteiger partial charge is 0.495 e. The first-order valence-corrected chi connectivity index (χ1v) is 10.3. The van der Waals surface area contributed by atoms with Gasteiger partial charge in [-0.05, 0) is 30.7 Å². The summed E-state index contributed by atoms with van der Waals surface area (Å²) in [6.45, 7) is 6.47. The van der Waals surface area contributed by atoms with E-state index in [1.54, 1.807) is 25.3 Å². The van der Waals surface area contributed by atoms with E-state index < -0.39 is 0 Å². The topological polar surface area (TPSA) is 44.8 Å². The maximum absolute atomic E-state index is 12.7. The number of anilines is 1. The lowest BCUT2D eigenvalue weighted by molar-refractivity contribution is -0.121. The van der Waals surface area contributed by atoms with Crippen molar-refractivity contribution in [2.24, 2.45) is 0 Å². The van der Waals surface area contributed by atoms with Crippen molar-refractivity contribution in [3.05, 3.63) is 65.2 Å². The van der Waals surface area contributed by atoms with Crippen LogP contribution in [0.15, 0.2) is 54.6 Å². The first-order chi connectivity index (χ1) is 14.1. The number of ether oxygens (including phenoxy) is 1. The van der Waals surface area contributed by atoms with Crippen LogP contribution in [0.25, 0.3) is 6.08 Å². The molecule has 0 spiro atoms. The zero-order valence-electron chi connectivity index (χ0n) is 17.0. The Kier molecular flexibility index (Phi) is 7.69. The molecule has 0 unspecified atom stereocenters. The van der Waals surface area contributed by atoms with E-state index in [9.17, 15) is 4.79 Å². The summed E-state index contributed by atoms with van der Waals surface area (Å²) in [5.74, 6) is 0.549. The van der Waals surface area contributed by atoms with Crippen molar-refractivity contribution in [2.75, 3.05) is 45.2 Å². The van der Waals surface area contributed by atoms with Gasteiger partial charge in [0.25, 0.3) is 0 Å². The summed E-state index contributed by atoms with van der Waals surface area (Å²) < 4.78 is 5.31. The van der Waals surface area contributed by atoms with Gasteiger partial charge in [-0.25, -0.2) is 0 Å². The number of amides is 1. The molecule has 0 aromatic heterocycles. The molecular formula is C23H28ClN3O2. The van der Waals surface area contributed by atoms with Gasteiger partial charge in [0.15, 0.2) is 0 Å². The third-order valence-corrected chi connectivity index (χ3v) is 5.46. The Bertz CT molecular complexity index is 833. The van der Waals surface area contributed by atoms with E-state index in [0.29, 0.717) is 16.5 Å². The summed E-state index contributed by atoms with van der Waals surface area (Å²) in [4.78, 5) is 17.3. The molecule has 1 atom stereocenters. The molecule has 1 amide bonds. The van der Waals surface area contributed by atoms with E-state index in [0.717, 1.165) is 32.7 Å². The van der Waals surface area contributed by atoms with E-state index in [1.165, 1.54) is 5.56 Å². The number of hydrogen-bond donors (Lipinski definition) is 1. The smallest absolute Gasteiger partial charge is 0.241 e. The van der Waals surface area contributed by atoms with Gasteiger partial charge in [0.2, 0.25) is 5.91 Å². The summed E-state index contributed by atoms with van der Waals surface area (Å²) in [7, 11) is 1.58. The van der Waals surface area contributed by atoms with Crippen LogP contribution in [0.5, 0.6) is 5.75 Å². The maximum Gasteiger partial charge on any atom is 0.241 e. The molecule has 6 heteroatoms. The second-order valence-electron chi connectivity index (χ2n) is 7.16. The number of rotatable bonds is 7. The fraction of sp³-hybridized carbons (Fsp3) is 0.348. The highest BCUT2D eigenvalue weighted by Crippen LogP contribution is 2.28. The van der Waals surface area contributed by atoms with Crippen molar-refractivity contribution in [1.82, 2.24) is 9.80 Å². The van der Waals surface area contributed by atoms with Crippen LogP contribution in [0.1, 0.15) is 12.5 Å². The molecule has 1 N–H and O–H groups in total. The monoisotopic (exact) mass is 413 g/mol. The predicted octanol–water partition coefficient (Wildman–Crippen LogP) is 4.01. The maximum atomic E-state index is 12.7. The van der Waals surface area contributed by atoms with Gasteiger partial charge in [-0.1, -0.05) is 54.1 Å². The van der Waals surface area contributed by atoms with Gasteiger partial charge >= 0.3 is 0 Å². The number of methoxy groups -OCH3 is 1. The van der Waals surface area contributed by atoms with Gasteiger partial charge < -0.3 is 10.1 Å². The SMILES string of the molecule is COc1ccc(Cl)cc1NC(=O)[C@@H](C)N1CCN(C/C=C/c2ccccc2)CC1. The Morgan fingerprint density at radius 3 is 2.59 bits per heavy atom. The minimum atomic E-state index is -0.222. The molecule has 1 aliphatic rings. The molecule has 2 aromatic rings. The summed E-state index contributed by atoms with van der Waals surface area (Å²) in [6, 6.07) is 15.3. The van der Waals surface area contributed by atoms with Crippen LogP contribution in [0.4, 0.5) is 5.69 Å². The van der Waals surface area contributed by atoms with Crippen molar-refractivity contribution in [1.29, 1.82) is 0 Å². The highest BCUT2D eigenvalue weighted by molar-refractivity contribution is 6.31. The molecule has 29 heavy (non-hydrogen) atoms. The Balaban J connectivity index is 1.48. The van der Waals surface area contributed by atoms with Crippen LogP contribution in [-0.2, 0) is 4.79 Å². The zero-order chi connectivity index (χ0) is 20.6. The molecule has 5 nitrogen and oxygen atoms in total. The van der Waals surface area contributed by atoms with Crippen LogP contribution in [-0.4, -0.2) is 61.6 Å². The fourth-order valence-electron chi connectivity index (χ4n) is 3.42. The van der Waals surface area contributed by atoms with Crippen LogP contribution in [0, 0.1) is 0 Å². The number of benzene rings is 2. The first-order valence-electron chi connectivity index (χ1n) is 9.89.